The number of hydrogen-bond donors (Lipinski definition) is 1. The normalized spacial score (nSPS) is 10.6. The number of carbonyl (C=O) groups is 1. The average molecular weight is 258 g/mol. The van der Waals surface area contributed by atoms with Crippen LogP contribution in [0.25, 0.3) is 5.13 Å². The lowest BCUT2D eigenvalue weighted by molar-refractivity contribution is 0.0696. The van der Waals surface area contributed by atoms with Gasteiger partial charge in [-0.25, -0.2) is 9.78 Å². The molecule has 0 saturated carbocycles. The third kappa shape index (κ3) is 1.70. The predicted molar refractivity (Wildman–Crippen MR) is 60.6 cm³/mol. The van der Waals surface area contributed by atoms with Crippen LogP contribution in [0, 0.1) is 0 Å². The van der Waals surface area contributed by atoms with Gasteiger partial charge in [0.15, 0.2) is 0 Å². The van der Waals surface area contributed by atoms with Crippen LogP contribution in [0.1, 0.15) is 23.0 Å². The first-order chi connectivity index (χ1) is 7.65. The van der Waals surface area contributed by atoms with E-state index in [4.69, 9.17) is 16.7 Å². The van der Waals surface area contributed by atoms with E-state index in [-0.39, 0.29) is 10.7 Å². The minimum atomic E-state index is -1.07. The summed E-state index contributed by atoms with van der Waals surface area (Å²) in [6.45, 7) is 1.83. The molecule has 0 atom stereocenters. The Morgan fingerprint density at radius 3 is 2.88 bits per heavy atom. The van der Waals surface area contributed by atoms with E-state index in [1.165, 1.54) is 16.0 Å². The van der Waals surface area contributed by atoms with Gasteiger partial charge in [0.1, 0.15) is 10.7 Å². The second-order valence-corrected chi connectivity index (χ2v) is 4.23. The quantitative estimate of drug-likeness (QED) is 0.916. The first kappa shape index (κ1) is 11.1. The molecule has 5 nitrogen and oxygen atoms in total. The molecule has 0 aliphatic rings. The zero-order valence-corrected chi connectivity index (χ0v) is 9.92. The molecule has 2 aromatic rings. The fourth-order valence-electron chi connectivity index (χ4n) is 1.35. The number of nitrogens with zero attached hydrogens (tertiary/aromatic N) is 3. The first-order valence-corrected chi connectivity index (χ1v) is 5.81. The molecule has 1 N–H and O–H groups in total. The van der Waals surface area contributed by atoms with Gasteiger partial charge in [-0.1, -0.05) is 18.5 Å². The summed E-state index contributed by atoms with van der Waals surface area (Å²) in [5.74, 6) is -1.07. The van der Waals surface area contributed by atoms with Crippen molar-refractivity contribution in [3.63, 3.8) is 0 Å². The molecule has 16 heavy (non-hydrogen) atoms. The Morgan fingerprint density at radius 2 is 2.44 bits per heavy atom. The van der Waals surface area contributed by atoms with Crippen LogP contribution < -0.4 is 0 Å². The summed E-state index contributed by atoms with van der Waals surface area (Å²) in [7, 11) is 0. The number of carboxylic acid groups (broad SMARTS) is 1. The molecular formula is C9H8ClN3O2S. The third-order valence-corrected chi connectivity index (χ3v) is 3.15. The lowest BCUT2D eigenvalue weighted by Crippen LogP contribution is -1.99. The smallest absolute Gasteiger partial charge is 0.340 e. The van der Waals surface area contributed by atoms with Crippen LogP contribution in [0.2, 0.25) is 5.15 Å². The van der Waals surface area contributed by atoms with Crippen molar-refractivity contribution in [2.24, 2.45) is 0 Å². The van der Waals surface area contributed by atoms with Crippen LogP contribution in [0.3, 0.4) is 0 Å². The van der Waals surface area contributed by atoms with Crippen LogP contribution in [0.15, 0.2) is 11.6 Å². The van der Waals surface area contributed by atoms with E-state index in [1.807, 2.05) is 6.92 Å². The molecule has 0 fully saturated rings. The van der Waals surface area contributed by atoms with Gasteiger partial charge in [-0.3, -0.25) is 0 Å². The van der Waals surface area contributed by atoms with E-state index in [0.29, 0.717) is 17.2 Å². The highest BCUT2D eigenvalue weighted by atomic mass is 35.5. The van der Waals surface area contributed by atoms with E-state index >= 15 is 0 Å². The molecule has 2 aromatic heterocycles. The Hall–Kier alpha value is -1.40. The fraction of sp³-hybridized carbons (Fsp3) is 0.222. The molecule has 0 unspecified atom stereocenters. The zero-order valence-electron chi connectivity index (χ0n) is 8.35. The molecule has 0 aliphatic carbocycles. The average Bonchev–Trinajstić information content (AvgIpc) is 2.83. The molecule has 0 radical (unpaired) electrons. The zero-order chi connectivity index (χ0) is 11.7. The van der Waals surface area contributed by atoms with E-state index in [2.05, 4.69) is 10.1 Å². The number of halogens is 1. The Labute approximate surface area is 100 Å². The molecule has 7 heteroatoms. The van der Waals surface area contributed by atoms with Crippen molar-refractivity contribution in [2.75, 3.05) is 0 Å². The van der Waals surface area contributed by atoms with Gasteiger partial charge >= 0.3 is 5.97 Å². The summed E-state index contributed by atoms with van der Waals surface area (Å²) < 4.78 is 1.36. The standard InChI is InChI=1S/C9H8ClN3O2S/c1-2-5-6(8(14)15)7(10)13(12-5)9-11-3-4-16-9/h3-4H,2H2,1H3,(H,14,15). The highest BCUT2D eigenvalue weighted by Gasteiger charge is 2.22. The van der Waals surface area contributed by atoms with Crippen molar-refractivity contribution in [1.82, 2.24) is 14.8 Å². The Kier molecular flexibility index (Phi) is 2.93. The maximum absolute atomic E-state index is 11.0. The summed E-state index contributed by atoms with van der Waals surface area (Å²) in [6, 6.07) is 0. The second kappa shape index (κ2) is 4.23. The maximum atomic E-state index is 11.0. The Bertz CT molecular complexity index is 521. The van der Waals surface area contributed by atoms with Gasteiger partial charge in [0.25, 0.3) is 0 Å². The number of aryl methyl sites for hydroxylation is 1. The lowest BCUT2D eigenvalue weighted by Gasteiger charge is -1.95. The van der Waals surface area contributed by atoms with E-state index < -0.39 is 5.97 Å². The number of rotatable bonds is 3. The molecule has 0 bridgehead atoms. The highest BCUT2D eigenvalue weighted by molar-refractivity contribution is 7.12. The van der Waals surface area contributed by atoms with Crippen LogP contribution in [0.4, 0.5) is 0 Å². The molecule has 0 aromatic carbocycles. The molecule has 2 rings (SSSR count). The van der Waals surface area contributed by atoms with Gasteiger partial charge in [0, 0.05) is 11.6 Å². The SMILES string of the molecule is CCc1nn(-c2nccs2)c(Cl)c1C(=O)O. The first-order valence-electron chi connectivity index (χ1n) is 4.55. The highest BCUT2D eigenvalue weighted by Crippen LogP contribution is 2.25. The fourth-order valence-corrected chi connectivity index (χ4v) is 2.30. The maximum Gasteiger partial charge on any atom is 0.340 e. The number of thiazole rings is 1. The summed E-state index contributed by atoms with van der Waals surface area (Å²) in [5, 5.41) is 15.6. The van der Waals surface area contributed by atoms with Gasteiger partial charge in [-0.15, -0.1) is 11.3 Å². The molecule has 2 heterocycles. The molecule has 0 saturated heterocycles. The number of aromatic carboxylic acids is 1. The summed E-state index contributed by atoms with van der Waals surface area (Å²) in [5.41, 5.74) is 0.520. The van der Waals surface area contributed by atoms with Gasteiger partial charge in [-0.05, 0) is 6.42 Å². The number of hydrogen-bond acceptors (Lipinski definition) is 4. The predicted octanol–water partition coefficient (Wildman–Crippen LogP) is 2.24. The second-order valence-electron chi connectivity index (χ2n) is 3.00. The van der Waals surface area contributed by atoms with E-state index in [1.54, 1.807) is 11.6 Å². The number of aromatic nitrogens is 3. The van der Waals surface area contributed by atoms with Gasteiger partial charge in [0.2, 0.25) is 5.13 Å². The lowest BCUT2D eigenvalue weighted by atomic mass is 10.2. The van der Waals surface area contributed by atoms with Crippen molar-refractivity contribution >= 4 is 28.9 Å². The monoisotopic (exact) mass is 257 g/mol. The van der Waals surface area contributed by atoms with Crippen molar-refractivity contribution in [3.05, 3.63) is 28.0 Å². The van der Waals surface area contributed by atoms with Crippen LogP contribution in [0.5, 0.6) is 0 Å². The number of carboxylic acids is 1. The molecular weight excluding hydrogens is 250 g/mol. The van der Waals surface area contributed by atoms with Gasteiger partial charge in [0.05, 0.1) is 5.69 Å². The van der Waals surface area contributed by atoms with E-state index in [9.17, 15) is 4.79 Å². The van der Waals surface area contributed by atoms with Crippen molar-refractivity contribution in [2.45, 2.75) is 13.3 Å². The molecule has 0 amide bonds. The van der Waals surface area contributed by atoms with E-state index in [0.717, 1.165) is 0 Å². The third-order valence-electron chi connectivity index (χ3n) is 2.05. The van der Waals surface area contributed by atoms with Crippen molar-refractivity contribution in [3.8, 4) is 5.13 Å². The molecule has 0 spiro atoms. The molecule has 84 valence electrons. The van der Waals surface area contributed by atoms with Gasteiger partial charge < -0.3 is 5.11 Å². The van der Waals surface area contributed by atoms with Crippen LogP contribution >= 0.6 is 22.9 Å². The minimum Gasteiger partial charge on any atom is -0.478 e. The van der Waals surface area contributed by atoms with Crippen molar-refractivity contribution in [1.29, 1.82) is 0 Å². The topological polar surface area (TPSA) is 68.0 Å². The summed E-state index contributed by atoms with van der Waals surface area (Å²) >= 11 is 7.33. The Balaban J connectivity index is 2.61. The van der Waals surface area contributed by atoms with Crippen molar-refractivity contribution < 1.29 is 9.90 Å². The summed E-state index contributed by atoms with van der Waals surface area (Å²) in [6.07, 6.45) is 2.13. The Morgan fingerprint density at radius 1 is 1.69 bits per heavy atom. The summed E-state index contributed by atoms with van der Waals surface area (Å²) in [4.78, 5) is 15.1. The minimum absolute atomic E-state index is 0.0550. The largest absolute Gasteiger partial charge is 0.478 e. The van der Waals surface area contributed by atoms with Gasteiger partial charge in [-0.2, -0.15) is 9.78 Å². The van der Waals surface area contributed by atoms with Crippen LogP contribution in [-0.2, 0) is 6.42 Å². The molecule has 0 aliphatic heterocycles. The van der Waals surface area contributed by atoms with Crippen LogP contribution in [-0.4, -0.2) is 25.8 Å².